The molecule has 0 aromatic heterocycles. The van der Waals surface area contributed by atoms with Crippen LogP contribution in [0.15, 0.2) is 36.4 Å². The summed E-state index contributed by atoms with van der Waals surface area (Å²) in [5.41, 5.74) is 1.22. The lowest BCUT2D eigenvalue weighted by atomic mass is 10.0. The highest BCUT2D eigenvalue weighted by Gasteiger charge is 2.15. The van der Waals surface area contributed by atoms with Gasteiger partial charge in [-0.15, -0.1) is 0 Å². The van der Waals surface area contributed by atoms with Crippen LogP contribution < -0.4 is 5.32 Å². The molecule has 2 aromatic rings. The van der Waals surface area contributed by atoms with Crippen molar-refractivity contribution in [1.29, 1.82) is 0 Å². The van der Waals surface area contributed by atoms with Crippen molar-refractivity contribution in [3.05, 3.63) is 53.6 Å². The van der Waals surface area contributed by atoms with E-state index in [1.165, 1.54) is 12.8 Å². The third-order valence-corrected chi connectivity index (χ3v) is 4.73. The number of benzene rings is 2. The fourth-order valence-corrected chi connectivity index (χ4v) is 3.26. The van der Waals surface area contributed by atoms with Crippen LogP contribution in [-0.2, 0) is 4.74 Å². The van der Waals surface area contributed by atoms with Gasteiger partial charge in [-0.2, -0.15) is 4.39 Å². The summed E-state index contributed by atoms with van der Waals surface area (Å²) >= 11 is 0. The summed E-state index contributed by atoms with van der Waals surface area (Å²) in [6, 6.07) is 8.68. The first-order valence-corrected chi connectivity index (χ1v) is 9.23. The topological polar surface area (TPSA) is 58.6 Å². The van der Waals surface area contributed by atoms with Crippen LogP contribution in [0.1, 0.15) is 42.5 Å². The van der Waals surface area contributed by atoms with Crippen LogP contribution in [0.25, 0.3) is 11.1 Å². The summed E-state index contributed by atoms with van der Waals surface area (Å²) in [7, 11) is 0. The number of carbonyl (C=O) groups is 1. The van der Waals surface area contributed by atoms with Gasteiger partial charge in [0, 0.05) is 18.7 Å². The monoisotopic (exact) mass is 375 g/mol. The van der Waals surface area contributed by atoms with Crippen LogP contribution in [0.2, 0.25) is 0 Å². The first-order chi connectivity index (χ1) is 13.0. The Labute approximate surface area is 157 Å². The van der Waals surface area contributed by atoms with Crippen molar-refractivity contribution >= 4 is 5.91 Å². The zero-order chi connectivity index (χ0) is 19.2. The summed E-state index contributed by atoms with van der Waals surface area (Å²) in [4.78, 5) is 12.3. The summed E-state index contributed by atoms with van der Waals surface area (Å²) < 4.78 is 32.5. The lowest BCUT2D eigenvalue weighted by Gasteiger charge is -2.11. The SMILES string of the molecule is O=C(NCCCOC1CCCC1)c1cccc(-c2cc(O)c(F)c(F)c2)c1. The summed E-state index contributed by atoms with van der Waals surface area (Å²) in [5, 5.41) is 12.3. The Morgan fingerprint density at radius 1 is 1.15 bits per heavy atom. The van der Waals surface area contributed by atoms with Gasteiger partial charge in [0.1, 0.15) is 0 Å². The Kier molecular flexibility index (Phi) is 6.40. The van der Waals surface area contributed by atoms with Gasteiger partial charge in [-0.3, -0.25) is 4.79 Å². The second-order valence-corrected chi connectivity index (χ2v) is 6.76. The van der Waals surface area contributed by atoms with Crippen molar-refractivity contribution in [2.45, 2.75) is 38.2 Å². The molecule has 144 valence electrons. The van der Waals surface area contributed by atoms with Gasteiger partial charge in [0.05, 0.1) is 6.10 Å². The Morgan fingerprint density at radius 2 is 1.93 bits per heavy atom. The predicted octanol–water partition coefficient (Wildman–Crippen LogP) is 4.42. The van der Waals surface area contributed by atoms with Gasteiger partial charge in [0.15, 0.2) is 17.4 Å². The van der Waals surface area contributed by atoms with Crippen molar-refractivity contribution in [3.63, 3.8) is 0 Å². The van der Waals surface area contributed by atoms with E-state index in [2.05, 4.69) is 5.32 Å². The lowest BCUT2D eigenvalue weighted by Crippen LogP contribution is -2.25. The number of ether oxygens (including phenoxy) is 1. The molecule has 0 saturated heterocycles. The largest absolute Gasteiger partial charge is 0.505 e. The number of phenolic OH excluding ortho intramolecular Hbond substituents is 1. The number of rotatable bonds is 7. The van der Waals surface area contributed by atoms with E-state index in [-0.39, 0.29) is 5.91 Å². The number of carbonyl (C=O) groups excluding carboxylic acids is 1. The highest BCUT2D eigenvalue weighted by atomic mass is 19.2. The maximum absolute atomic E-state index is 13.5. The standard InChI is InChI=1S/C21H23F2NO3/c22-18-12-16(13-19(25)20(18)23)14-5-3-6-15(11-14)21(26)24-9-4-10-27-17-7-1-2-8-17/h3,5-6,11-13,17,25H,1-2,4,7-10H2,(H,24,26). The quantitative estimate of drug-likeness (QED) is 0.705. The normalized spacial score (nSPS) is 14.4. The van der Waals surface area contributed by atoms with Gasteiger partial charge in [-0.25, -0.2) is 4.39 Å². The van der Waals surface area contributed by atoms with E-state index in [9.17, 15) is 18.7 Å². The first-order valence-electron chi connectivity index (χ1n) is 9.23. The molecule has 1 amide bonds. The second kappa shape index (κ2) is 8.95. The lowest BCUT2D eigenvalue weighted by molar-refractivity contribution is 0.0565. The van der Waals surface area contributed by atoms with Gasteiger partial charge in [0.2, 0.25) is 0 Å². The summed E-state index contributed by atoms with van der Waals surface area (Å²) in [6.45, 7) is 1.13. The van der Waals surface area contributed by atoms with Crippen molar-refractivity contribution in [3.8, 4) is 16.9 Å². The molecular formula is C21H23F2NO3. The molecule has 1 saturated carbocycles. The molecule has 0 unspecified atom stereocenters. The number of phenols is 1. The average Bonchev–Trinajstić information content (AvgIpc) is 3.19. The number of nitrogens with one attached hydrogen (secondary N) is 1. The van der Waals surface area contributed by atoms with Gasteiger partial charge >= 0.3 is 0 Å². The first kappa shape index (κ1) is 19.3. The van der Waals surface area contributed by atoms with Crippen molar-refractivity contribution < 1.29 is 23.4 Å². The van der Waals surface area contributed by atoms with Gasteiger partial charge < -0.3 is 15.2 Å². The summed E-state index contributed by atoms with van der Waals surface area (Å²) in [6.07, 6.45) is 5.81. The highest BCUT2D eigenvalue weighted by molar-refractivity contribution is 5.95. The van der Waals surface area contributed by atoms with Crippen LogP contribution in [0.4, 0.5) is 8.78 Å². The molecule has 0 radical (unpaired) electrons. The highest BCUT2D eigenvalue weighted by Crippen LogP contribution is 2.28. The Bertz CT molecular complexity index is 781. The smallest absolute Gasteiger partial charge is 0.251 e. The minimum atomic E-state index is -1.28. The van der Waals surface area contributed by atoms with Gasteiger partial charge in [-0.1, -0.05) is 25.0 Å². The molecular weight excluding hydrogens is 352 g/mol. The van der Waals surface area contributed by atoms with Crippen molar-refractivity contribution in [2.24, 2.45) is 0 Å². The number of halogens is 2. The van der Waals surface area contributed by atoms with E-state index in [1.807, 2.05) is 0 Å². The molecule has 2 N–H and O–H groups in total. The minimum absolute atomic E-state index is 0.246. The molecule has 2 aromatic carbocycles. The second-order valence-electron chi connectivity index (χ2n) is 6.76. The van der Waals surface area contributed by atoms with Crippen molar-refractivity contribution in [2.75, 3.05) is 13.2 Å². The molecule has 0 bridgehead atoms. The molecule has 0 heterocycles. The molecule has 1 fully saturated rings. The third-order valence-electron chi connectivity index (χ3n) is 4.73. The van der Waals surface area contributed by atoms with Crippen LogP contribution in [0.5, 0.6) is 5.75 Å². The molecule has 3 rings (SSSR count). The van der Waals surface area contributed by atoms with Crippen LogP contribution in [0.3, 0.4) is 0 Å². The van der Waals surface area contributed by atoms with E-state index in [4.69, 9.17) is 4.74 Å². The van der Waals surface area contributed by atoms with Crippen LogP contribution in [-0.4, -0.2) is 30.3 Å². The number of aromatic hydroxyl groups is 1. The van der Waals surface area contributed by atoms with E-state index in [0.29, 0.717) is 35.9 Å². The molecule has 1 aliphatic rings. The number of amides is 1. The predicted molar refractivity (Wildman–Crippen MR) is 98.6 cm³/mol. The fraction of sp³-hybridized carbons (Fsp3) is 0.381. The Balaban J connectivity index is 1.55. The molecule has 6 heteroatoms. The van der Waals surface area contributed by atoms with Gasteiger partial charge in [-0.05, 0) is 54.7 Å². The van der Waals surface area contributed by atoms with E-state index in [1.54, 1.807) is 24.3 Å². The number of hydrogen-bond donors (Lipinski definition) is 2. The summed E-state index contributed by atoms with van der Waals surface area (Å²) in [5.74, 6) is -3.43. The van der Waals surface area contributed by atoms with Crippen LogP contribution in [0, 0.1) is 11.6 Å². The minimum Gasteiger partial charge on any atom is -0.505 e. The van der Waals surface area contributed by atoms with E-state index < -0.39 is 17.4 Å². The molecule has 1 aliphatic carbocycles. The fourth-order valence-electron chi connectivity index (χ4n) is 3.26. The molecule has 0 aliphatic heterocycles. The van der Waals surface area contributed by atoms with Crippen LogP contribution >= 0.6 is 0 Å². The third kappa shape index (κ3) is 5.04. The van der Waals surface area contributed by atoms with E-state index >= 15 is 0 Å². The number of hydrogen-bond acceptors (Lipinski definition) is 3. The Morgan fingerprint density at radius 3 is 2.67 bits per heavy atom. The zero-order valence-electron chi connectivity index (χ0n) is 15.0. The van der Waals surface area contributed by atoms with E-state index in [0.717, 1.165) is 31.4 Å². The zero-order valence-corrected chi connectivity index (χ0v) is 15.0. The molecule has 27 heavy (non-hydrogen) atoms. The van der Waals surface area contributed by atoms with Gasteiger partial charge in [0.25, 0.3) is 5.91 Å². The molecule has 0 atom stereocenters. The molecule has 0 spiro atoms. The Hall–Kier alpha value is -2.47. The maximum atomic E-state index is 13.5. The molecule has 4 nitrogen and oxygen atoms in total. The maximum Gasteiger partial charge on any atom is 0.251 e. The van der Waals surface area contributed by atoms with Crippen molar-refractivity contribution in [1.82, 2.24) is 5.32 Å². The average molecular weight is 375 g/mol.